The summed E-state index contributed by atoms with van der Waals surface area (Å²) in [5.74, 6) is -38.8. The predicted molar refractivity (Wildman–Crippen MR) is 158 cm³/mol. The van der Waals surface area contributed by atoms with Gasteiger partial charge in [0.2, 0.25) is 0 Å². The number of hydrogen-bond acceptors (Lipinski definition) is 4. The molecule has 0 aromatic carbocycles. The Morgan fingerprint density at radius 3 is 1.90 bits per heavy atom. The molecule has 4 rings (SSSR count). The van der Waals surface area contributed by atoms with Crippen molar-refractivity contribution in [1.29, 1.82) is 0 Å². The summed E-state index contributed by atoms with van der Waals surface area (Å²) in [6.45, 7) is 7.68. The van der Waals surface area contributed by atoms with Gasteiger partial charge < -0.3 is 20.4 Å². The summed E-state index contributed by atoms with van der Waals surface area (Å²) in [6.07, 6.45) is -6.63. The summed E-state index contributed by atoms with van der Waals surface area (Å²) >= 11 is 0. The number of rotatable bonds is 11. The summed E-state index contributed by atoms with van der Waals surface area (Å²) in [6, 6.07) is 0. The average molecular weight is 761 g/mol. The van der Waals surface area contributed by atoms with E-state index in [-0.39, 0.29) is 23.7 Å². The maximum absolute atomic E-state index is 14.8. The molecule has 0 bridgehead atoms. The normalized spacial score (nSPS) is 33.1. The van der Waals surface area contributed by atoms with E-state index in [4.69, 9.17) is 0 Å². The van der Waals surface area contributed by atoms with E-state index in [9.17, 15) is 77.5 Å². The molecule has 4 saturated carbocycles. The van der Waals surface area contributed by atoms with Crippen LogP contribution in [0.4, 0.5) is 57.1 Å². The third-order valence-corrected chi connectivity index (χ3v) is 11.8. The highest BCUT2D eigenvalue weighted by molar-refractivity contribution is 5.38. The molecule has 1 unspecified atom stereocenters. The van der Waals surface area contributed by atoms with E-state index in [0.717, 1.165) is 42.9 Å². The molecular formula is C34H41F13O4. The smallest absolute Gasteiger partial charge is 0.393 e. The van der Waals surface area contributed by atoms with Crippen LogP contribution >= 0.6 is 0 Å². The van der Waals surface area contributed by atoms with Gasteiger partial charge in [-0.1, -0.05) is 50.3 Å². The van der Waals surface area contributed by atoms with Gasteiger partial charge in [-0.3, -0.25) is 0 Å². The van der Waals surface area contributed by atoms with Crippen LogP contribution in [0.3, 0.4) is 0 Å². The first kappa shape index (κ1) is 41.6. The molecule has 292 valence electrons. The molecule has 4 nitrogen and oxygen atoms in total. The first-order chi connectivity index (χ1) is 23.0. The summed E-state index contributed by atoms with van der Waals surface area (Å²) in [5.41, 5.74) is -0.692. The van der Waals surface area contributed by atoms with Crippen LogP contribution in [0, 0.1) is 28.6 Å². The van der Waals surface area contributed by atoms with Crippen LogP contribution in [0.5, 0.6) is 0 Å². The molecule has 4 N–H and O–H groups in total. The number of alkyl halides is 13. The molecule has 4 fully saturated rings. The van der Waals surface area contributed by atoms with Crippen molar-refractivity contribution in [3.8, 4) is 0 Å². The lowest BCUT2D eigenvalue weighted by molar-refractivity contribution is -0.446. The molecule has 0 amide bonds. The number of fused-ring (bicyclic) bond motifs is 1. The van der Waals surface area contributed by atoms with Crippen molar-refractivity contribution in [2.45, 2.75) is 132 Å². The molecule has 4 aliphatic rings. The lowest BCUT2D eigenvalue weighted by atomic mass is 9.61. The van der Waals surface area contributed by atoms with E-state index >= 15 is 0 Å². The monoisotopic (exact) mass is 760 g/mol. The number of hydrogen-bond donors (Lipinski definition) is 4. The van der Waals surface area contributed by atoms with Crippen LogP contribution < -0.4 is 0 Å². The molecule has 0 spiro atoms. The van der Waals surface area contributed by atoms with Crippen molar-refractivity contribution in [2.75, 3.05) is 0 Å². The molecule has 0 saturated heterocycles. The van der Waals surface area contributed by atoms with Gasteiger partial charge in [0.1, 0.15) is 6.10 Å². The zero-order valence-electron chi connectivity index (χ0n) is 27.6. The fraction of sp³-hybridized carbons (Fsp3) is 0.765. The Kier molecular flexibility index (Phi) is 10.9. The van der Waals surface area contributed by atoms with Gasteiger partial charge in [0.25, 0.3) is 0 Å². The molecule has 0 aromatic heterocycles. The van der Waals surface area contributed by atoms with Crippen LogP contribution in [-0.2, 0) is 0 Å². The quantitative estimate of drug-likeness (QED) is 0.126. The minimum absolute atomic E-state index is 0.0855. The molecule has 8 atom stereocenters. The maximum atomic E-state index is 14.8. The van der Waals surface area contributed by atoms with Crippen LogP contribution in [-0.4, -0.2) is 80.6 Å². The number of aliphatic hydroxyl groups is 4. The van der Waals surface area contributed by atoms with Gasteiger partial charge in [-0.15, -0.1) is 0 Å². The third-order valence-electron chi connectivity index (χ3n) is 11.8. The SMILES string of the molecule is C=C1C(=CC=C2CCC[C@]3(C)[C@@H]([C@H](C)C=C[C@H](O)C4(C(O)C(F)(F)C(F)(F)C(F)(F)C(F)(F)C(F)(F)C(F)(F)F)CC4)CC[C@@H]23)C[C@@H](O)C[C@@H]1O. The highest BCUT2D eigenvalue weighted by atomic mass is 19.4. The Labute approximate surface area is 285 Å². The Balaban J connectivity index is 1.51. The van der Waals surface area contributed by atoms with Gasteiger partial charge >= 0.3 is 35.8 Å². The fourth-order valence-electron chi connectivity index (χ4n) is 8.40. The lowest BCUT2D eigenvalue weighted by Crippen LogP contribution is -2.72. The molecule has 51 heavy (non-hydrogen) atoms. The third kappa shape index (κ3) is 6.57. The van der Waals surface area contributed by atoms with Crippen molar-refractivity contribution in [1.82, 2.24) is 0 Å². The summed E-state index contributed by atoms with van der Waals surface area (Å²) in [7, 11) is 0. The van der Waals surface area contributed by atoms with Gasteiger partial charge in [0, 0.05) is 11.8 Å². The van der Waals surface area contributed by atoms with E-state index in [2.05, 4.69) is 13.5 Å². The second-order valence-electron chi connectivity index (χ2n) is 14.9. The summed E-state index contributed by atoms with van der Waals surface area (Å²) < 4.78 is 178. The van der Waals surface area contributed by atoms with Gasteiger partial charge in [0.15, 0.2) is 0 Å². The molecule has 0 radical (unpaired) electrons. The highest BCUT2D eigenvalue weighted by Crippen LogP contribution is 2.65. The Morgan fingerprint density at radius 2 is 1.35 bits per heavy atom. The van der Waals surface area contributed by atoms with Gasteiger partial charge in [-0.25, -0.2) is 0 Å². The largest absolute Gasteiger partial charge is 0.460 e. The van der Waals surface area contributed by atoms with Gasteiger partial charge in [-0.2, -0.15) is 57.1 Å². The molecule has 0 heterocycles. The Hall–Kier alpha value is -2.11. The minimum atomic E-state index is -8.08. The number of aliphatic hydroxyl groups excluding tert-OH is 4. The van der Waals surface area contributed by atoms with E-state index < -0.39 is 84.4 Å². The average Bonchev–Trinajstić information content (AvgIpc) is 3.75. The van der Waals surface area contributed by atoms with Crippen molar-refractivity contribution in [3.63, 3.8) is 0 Å². The lowest BCUT2D eigenvalue weighted by Gasteiger charge is -2.44. The maximum Gasteiger partial charge on any atom is 0.460 e. The zero-order valence-corrected chi connectivity index (χ0v) is 27.6. The standard InChI is InChI=1S/C34H41F13O4/c1-17(22-9-10-23-19(5-4-12-27(22,23)3)7-8-20-15-21(48)16-24(49)18(20)2)6-11-25(50)28(13-14-28)26(51)29(35,36)30(37,38)31(39,40)32(41,42)33(43,44)34(45,46)47/h6-8,11,17,21-26,48-51H,2,4-5,9-10,12-16H2,1,3H3/t17-,21-,22-,23+,24+,25+,26?,27-/m1/s1. The van der Waals surface area contributed by atoms with Crippen LogP contribution in [0.1, 0.15) is 71.6 Å². The van der Waals surface area contributed by atoms with Crippen LogP contribution in [0.25, 0.3) is 0 Å². The molecular weight excluding hydrogens is 719 g/mol. The Bertz CT molecular complexity index is 1410. The predicted octanol–water partition coefficient (Wildman–Crippen LogP) is 8.56. The number of halogens is 13. The molecule has 0 aromatic rings. The first-order valence-electron chi connectivity index (χ1n) is 16.5. The second-order valence-corrected chi connectivity index (χ2v) is 14.9. The number of allylic oxidation sites excluding steroid dienone is 4. The minimum Gasteiger partial charge on any atom is -0.393 e. The van der Waals surface area contributed by atoms with E-state index in [1.165, 1.54) is 6.08 Å². The topological polar surface area (TPSA) is 80.9 Å². The first-order valence-corrected chi connectivity index (χ1v) is 16.5. The Morgan fingerprint density at radius 1 is 0.784 bits per heavy atom. The van der Waals surface area contributed by atoms with Crippen molar-refractivity contribution >= 4 is 0 Å². The van der Waals surface area contributed by atoms with E-state index in [1.54, 1.807) is 6.92 Å². The van der Waals surface area contributed by atoms with Crippen molar-refractivity contribution in [2.24, 2.45) is 28.6 Å². The van der Waals surface area contributed by atoms with Crippen LogP contribution in [0.15, 0.2) is 47.6 Å². The van der Waals surface area contributed by atoms with Crippen molar-refractivity contribution in [3.05, 3.63) is 47.6 Å². The zero-order chi connectivity index (χ0) is 39.0. The van der Waals surface area contributed by atoms with E-state index in [0.29, 0.717) is 18.4 Å². The molecule has 0 aliphatic heterocycles. The molecule has 17 heteroatoms. The highest BCUT2D eigenvalue weighted by Gasteiger charge is 2.92. The molecule has 4 aliphatic carbocycles. The summed E-state index contributed by atoms with van der Waals surface area (Å²) in [5, 5.41) is 41.2. The van der Waals surface area contributed by atoms with Gasteiger partial charge in [-0.05, 0) is 85.7 Å². The van der Waals surface area contributed by atoms with Crippen LogP contribution in [0.2, 0.25) is 0 Å². The van der Waals surface area contributed by atoms with Gasteiger partial charge in [0.05, 0.1) is 18.3 Å². The summed E-state index contributed by atoms with van der Waals surface area (Å²) in [4.78, 5) is 0. The van der Waals surface area contributed by atoms with E-state index in [1.807, 2.05) is 12.2 Å². The van der Waals surface area contributed by atoms with Crippen molar-refractivity contribution < 1.29 is 77.5 Å². The fourth-order valence-corrected chi connectivity index (χ4v) is 8.40. The second kappa shape index (κ2) is 13.3.